The maximum Gasteiger partial charge on any atom is 0.129 e. The molecule has 2 rings (SSSR count). The molecule has 0 aliphatic carbocycles. The summed E-state index contributed by atoms with van der Waals surface area (Å²) in [6.07, 6.45) is -0.972. The van der Waals surface area contributed by atoms with Crippen molar-refractivity contribution in [3.8, 4) is 5.75 Å². The Labute approximate surface area is 118 Å². The topological polar surface area (TPSA) is 29.5 Å². The first-order valence-electron chi connectivity index (χ1n) is 6.53. The summed E-state index contributed by atoms with van der Waals surface area (Å²) in [5.74, 6) is 0.380. The Morgan fingerprint density at radius 1 is 1.05 bits per heavy atom. The van der Waals surface area contributed by atoms with Gasteiger partial charge < -0.3 is 9.84 Å². The number of hydrogen-bond donors (Lipinski definition) is 1. The Morgan fingerprint density at radius 3 is 2.30 bits per heavy atom. The third kappa shape index (κ3) is 2.68. The minimum Gasteiger partial charge on any atom is -0.496 e. The molecule has 0 aliphatic heterocycles. The van der Waals surface area contributed by atoms with Crippen molar-refractivity contribution < 1.29 is 14.2 Å². The number of aryl methyl sites for hydroxylation is 3. The van der Waals surface area contributed by atoms with Crippen LogP contribution in [-0.2, 0) is 0 Å². The van der Waals surface area contributed by atoms with Crippen molar-refractivity contribution in [2.75, 3.05) is 7.11 Å². The molecule has 0 fully saturated rings. The van der Waals surface area contributed by atoms with Crippen molar-refractivity contribution in [1.29, 1.82) is 0 Å². The average Bonchev–Trinajstić information content (AvgIpc) is 2.37. The van der Waals surface area contributed by atoms with Crippen LogP contribution in [0.25, 0.3) is 0 Å². The minimum absolute atomic E-state index is 0.333. The van der Waals surface area contributed by atoms with E-state index in [4.69, 9.17) is 4.74 Å². The van der Waals surface area contributed by atoms with E-state index in [-0.39, 0.29) is 5.82 Å². The highest BCUT2D eigenvalue weighted by Crippen LogP contribution is 2.30. The molecule has 2 nitrogen and oxygen atoms in total. The predicted molar refractivity (Wildman–Crippen MR) is 77.7 cm³/mol. The Morgan fingerprint density at radius 2 is 1.75 bits per heavy atom. The summed E-state index contributed by atoms with van der Waals surface area (Å²) in [7, 11) is 1.60. The summed E-state index contributed by atoms with van der Waals surface area (Å²) in [4.78, 5) is 0. The van der Waals surface area contributed by atoms with Crippen LogP contribution in [0.2, 0.25) is 0 Å². The third-order valence-electron chi connectivity index (χ3n) is 3.49. The molecule has 3 heteroatoms. The molecule has 0 bridgehead atoms. The van der Waals surface area contributed by atoms with Gasteiger partial charge in [-0.3, -0.25) is 0 Å². The second kappa shape index (κ2) is 5.63. The Hall–Kier alpha value is -1.87. The van der Waals surface area contributed by atoms with Gasteiger partial charge in [0.15, 0.2) is 0 Å². The van der Waals surface area contributed by atoms with E-state index in [2.05, 4.69) is 0 Å². The first-order chi connectivity index (χ1) is 9.43. The van der Waals surface area contributed by atoms with Crippen LogP contribution >= 0.6 is 0 Å². The van der Waals surface area contributed by atoms with E-state index in [1.807, 2.05) is 32.9 Å². The Kier molecular flexibility index (Phi) is 4.09. The third-order valence-corrected chi connectivity index (χ3v) is 3.49. The van der Waals surface area contributed by atoms with Gasteiger partial charge in [-0.2, -0.15) is 0 Å². The van der Waals surface area contributed by atoms with Crippen LogP contribution in [0, 0.1) is 26.6 Å². The molecule has 1 atom stereocenters. The molecule has 2 aromatic rings. The van der Waals surface area contributed by atoms with Gasteiger partial charge in [0.2, 0.25) is 0 Å². The zero-order valence-electron chi connectivity index (χ0n) is 12.2. The molecule has 0 aromatic heterocycles. The van der Waals surface area contributed by atoms with E-state index < -0.39 is 6.10 Å². The molecular formula is C17H19FO2. The van der Waals surface area contributed by atoms with Gasteiger partial charge in [-0.15, -0.1) is 0 Å². The molecule has 106 valence electrons. The number of benzene rings is 2. The normalized spacial score (nSPS) is 12.3. The van der Waals surface area contributed by atoms with Gasteiger partial charge in [-0.05, 0) is 61.2 Å². The number of aliphatic hydroxyl groups excluding tert-OH is 1. The predicted octanol–water partition coefficient (Wildman–Crippen LogP) is 3.84. The van der Waals surface area contributed by atoms with Crippen LogP contribution in [0.1, 0.15) is 33.9 Å². The van der Waals surface area contributed by atoms with Gasteiger partial charge in [-0.25, -0.2) is 4.39 Å². The standard InChI is InChI=1S/C17H19FO2/c1-10-7-12(3)16(14(18)8-10)17(19)13-5-6-15(20-4)11(2)9-13/h5-9,17,19H,1-4H3. The molecule has 0 spiro atoms. The Balaban J connectivity index is 2.46. The highest BCUT2D eigenvalue weighted by Gasteiger charge is 2.18. The highest BCUT2D eigenvalue weighted by atomic mass is 19.1. The van der Waals surface area contributed by atoms with Crippen LogP contribution in [0.3, 0.4) is 0 Å². The fourth-order valence-electron chi connectivity index (χ4n) is 2.51. The first kappa shape index (κ1) is 14.5. The van der Waals surface area contributed by atoms with Crippen LogP contribution in [0.15, 0.2) is 30.3 Å². The minimum atomic E-state index is -0.972. The van der Waals surface area contributed by atoms with Gasteiger partial charge in [0.05, 0.1) is 7.11 Å². The lowest BCUT2D eigenvalue weighted by atomic mass is 9.94. The second-order valence-corrected chi connectivity index (χ2v) is 5.11. The number of ether oxygens (including phenoxy) is 1. The number of rotatable bonds is 3. The van der Waals surface area contributed by atoms with Crippen LogP contribution in [0.4, 0.5) is 4.39 Å². The quantitative estimate of drug-likeness (QED) is 0.921. The molecule has 0 saturated carbocycles. The molecule has 0 radical (unpaired) electrons. The Bertz CT molecular complexity index is 612. The van der Waals surface area contributed by atoms with Crippen molar-refractivity contribution in [2.45, 2.75) is 26.9 Å². The molecule has 0 aliphatic rings. The second-order valence-electron chi connectivity index (χ2n) is 5.11. The number of methoxy groups -OCH3 is 1. The fraction of sp³-hybridized carbons (Fsp3) is 0.294. The maximum atomic E-state index is 14.1. The molecule has 0 amide bonds. The van der Waals surface area contributed by atoms with Crippen LogP contribution in [-0.4, -0.2) is 12.2 Å². The van der Waals surface area contributed by atoms with Gasteiger partial charge in [0, 0.05) is 5.56 Å². The number of halogens is 1. The number of aliphatic hydroxyl groups is 1. The molecule has 1 unspecified atom stereocenters. The summed E-state index contributed by atoms with van der Waals surface area (Å²) in [5.41, 5.74) is 3.51. The smallest absolute Gasteiger partial charge is 0.129 e. The van der Waals surface area contributed by atoms with E-state index in [0.717, 1.165) is 22.4 Å². The summed E-state index contributed by atoms with van der Waals surface area (Å²) in [5, 5.41) is 10.5. The number of hydrogen-bond acceptors (Lipinski definition) is 2. The van der Waals surface area contributed by atoms with Gasteiger partial charge in [0.25, 0.3) is 0 Å². The van der Waals surface area contributed by atoms with E-state index in [1.54, 1.807) is 19.2 Å². The van der Waals surface area contributed by atoms with E-state index in [0.29, 0.717) is 11.1 Å². The lowest BCUT2D eigenvalue weighted by Gasteiger charge is -2.17. The van der Waals surface area contributed by atoms with Crippen LogP contribution in [0.5, 0.6) is 5.75 Å². The van der Waals surface area contributed by atoms with Crippen molar-refractivity contribution in [3.05, 3.63) is 64.0 Å². The molecule has 1 N–H and O–H groups in total. The zero-order chi connectivity index (χ0) is 14.9. The van der Waals surface area contributed by atoms with E-state index in [9.17, 15) is 9.50 Å². The van der Waals surface area contributed by atoms with Crippen molar-refractivity contribution in [1.82, 2.24) is 0 Å². The van der Waals surface area contributed by atoms with Gasteiger partial charge >= 0.3 is 0 Å². The largest absolute Gasteiger partial charge is 0.496 e. The molecule has 0 saturated heterocycles. The lowest BCUT2D eigenvalue weighted by Crippen LogP contribution is -2.06. The van der Waals surface area contributed by atoms with Crippen LogP contribution < -0.4 is 4.74 Å². The zero-order valence-corrected chi connectivity index (χ0v) is 12.2. The summed E-state index contributed by atoms with van der Waals surface area (Å²) in [6.45, 7) is 5.54. The molecule has 20 heavy (non-hydrogen) atoms. The van der Waals surface area contributed by atoms with E-state index in [1.165, 1.54) is 6.07 Å². The van der Waals surface area contributed by atoms with Gasteiger partial charge in [-0.1, -0.05) is 12.1 Å². The maximum absolute atomic E-state index is 14.1. The fourth-order valence-corrected chi connectivity index (χ4v) is 2.51. The first-order valence-corrected chi connectivity index (χ1v) is 6.53. The summed E-state index contributed by atoms with van der Waals surface area (Å²) < 4.78 is 19.3. The molecule has 2 aromatic carbocycles. The lowest BCUT2D eigenvalue weighted by molar-refractivity contribution is 0.214. The monoisotopic (exact) mass is 274 g/mol. The van der Waals surface area contributed by atoms with Crippen molar-refractivity contribution in [3.63, 3.8) is 0 Å². The highest BCUT2D eigenvalue weighted by molar-refractivity contribution is 5.43. The average molecular weight is 274 g/mol. The SMILES string of the molecule is COc1ccc(C(O)c2c(C)cc(C)cc2F)cc1C. The van der Waals surface area contributed by atoms with Crippen molar-refractivity contribution >= 4 is 0 Å². The summed E-state index contributed by atoms with van der Waals surface area (Å²) in [6, 6.07) is 8.69. The molecule has 0 heterocycles. The van der Waals surface area contributed by atoms with Gasteiger partial charge in [0.1, 0.15) is 17.7 Å². The van der Waals surface area contributed by atoms with Crippen molar-refractivity contribution in [2.24, 2.45) is 0 Å². The molecular weight excluding hydrogens is 255 g/mol. The summed E-state index contributed by atoms with van der Waals surface area (Å²) >= 11 is 0. The van der Waals surface area contributed by atoms with E-state index >= 15 is 0 Å².